The molecule has 0 bridgehead atoms. The standard InChI is InChI=1S/C11H10FN3O2/c1-15(10(16)6-7-13)11(17)14-9-4-2-8(12)3-5-9/h2-5H,6H2,1H3,(H,14,17). The maximum Gasteiger partial charge on any atom is 0.328 e. The number of nitriles is 1. The lowest BCUT2D eigenvalue weighted by Crippen LogP contribution is -2.36. The van der Waals surface area contributed by atoms with Crippen LogP contribution < -0.4 is 5.32 Å². The van der Waals surface area contributed by atoms with Crippen LogP contribution >= 0.6 is 0 Å². The van der Waals surface area contributed by atoms with Gasteiger partial charge in [-0.25, -0.2) is 9.18 Å². The van der Waals surface area contributed by atoms with E-state index in [-0.39, 0.29) is 6.42 Å². The molecule has 0 aliphatic carbocycles. The molecule has 1 aromatic rings. The SMILES string of the molecule is CN(C(=O)CC#N)C(=O)Nc1ccc(F)cc1. The van der Waals surface area contributed by atoms with Crippen LogP contribution in [0.5, 0.6) is 0 Å². The number of benzene rings is 1. The van der Waals surface area contributed by atoms with Crippen LogP contribution in [0.1, 0.15) is 6.42 Å². The maximum atomic E-state index is 12.6. The summed E-state index contributed by atoms with van der Waals surface area (Å²) in [5.41, 5.74) is 0.369. The van der Waals surface area contributed by atoms with E-state index in [1.54, 1.807) is 6.07 Å². The summed E-state index contributed by atoms with van der Waals surface area (Å²) >= 11 is 0. The Morgan fingerprint density at radius 1 is 1.41 bits per heavy atom. The fraction of sp³-hybridized carbons (Fsp3) is 0.182. The van der Waals surface area contributed by atoms with Gasteiger partial charge in [0, 0.05) is 12.7 Å². The van der Waals surface area contributed by atoms with E-state index in [1.807, 2.05) is 0 Å². The summed E-state index contributed by atoms with van der Waals surface area (Å²) in [4.78, 5) is 23.5. The maximum absolute atomic E-state index is 12.6. The molecule has 0 heterocycles. The highest BCUT2D eigenvalue weighted by Crippen LogP contribution is 2.09. The van der Waals surface area contributed by atoms with Crippen LogP contribution in [0.2, 0.25) is 0 Å². The van der Waals surface area contributed by atoms with Crippen molar-refractivity contribution in [3.8, 4) is 6.07 Å². The van der Waals surface area contributed by atoms with E-state index in [2.05, 4.69) is 5.32 Å². The third-order valence-electron chi connectivity index (χ3n) is 2.00. The molecule has 17 heavy (non-hydrogen) atoms. The van der Waals surface area contributed by atoms with Crippen LogP contribution in [-0.2, 0) is 4.79 Å². The lowest BCUT2D eigenvalue weighted by molar-refractivity contribution is -0.126. The van der Waals surface area contributed by atoms with Gasteiger partial charge in [-0.05, 0) is 24.3 Å². The Balaban J connectivity index is 2.63. The summed E-state index contributed by atoms with van der Waals surface area (Å²) in [6, 6.07) is 6.10. The number of amides is 3. The molecule has 0 spiro atoms. The fourth-order valence-corrected chi connectivity index (χ4v) is 1.04. The van der Waals surface area contributed by atoms with Crippen LogP contribution in [0.4, 0.5) is 14.9 Å². The normalized spacial score (nSPS) is 9.24. The largest absolute Gasteiger partial charge is 0.328 e. The fourth-order valence-electron chi connectivity index (χ4n) is 1.04. The van der Waals surface area contributed by atoms with E-state index in [4.69, 9.17) is 5.26 Å². The highest BCUT2D eigenvalue weighted by molar-refractivity contribution is 6.01. The molecule has 88 valence electrons. The molecule has 0 aliphatic heterocycles. The third kappa shape index (κ3) is 3.57. The molecule has 0 saturated carbocycles. The predicted molar refractivity (Wildman–Crippen MR) is 58.4 cm³/mol. The molecule has 0 atom stereocenters. The van der Waals surface area contributed by atoms with E-state index in [0.717, 1.165) is 4.90 Å². The lowest BCUT2D eigenvalue weighted by Gasteiger charge is -2.14. The quantitative estimate of drug-likeness (QED) is 0.848. The Kier molecular flexibility index (Phi) is 4.17. The van der Waals surface area contributed by atoms with E-state index in [1.165, 1.54) is 31.3 Å². The van der Waals surface area contributed by atoms with Crippen molar-refractivity contribution >= 4 is 17.6 Å². The highest BCUT2D eigenvalue weighted by atomic mass is 19.1. The highest BCUT2D eigenvalue weighted by Gasteiger charge is 2.16. The molecular formula is C11H10FN3O2. The number of hydrogen-bond donors (Lipinski definition) is 1. The van der Waals surface area contributed by atoms with Crippen molar-refractivity contribution in [1.82, 2.24) is 4.90 Å². The van der Waals surface area contributed by atoms with E-state index < -0.39 is 17.8 Å². The molecule has 0 unspecified atom stereocenters. The Labute approximate surface area is 97.4 Å². The van der Waals surface area contributed by atoms with Gasteiger partial charge in [-0.1, -0.05) is 0 Å². The van der Waals surface area contributed by atoms with Gasteiger partial charge in [0.15, 0.2) is 0 Å². The number of anilines is 1. The third-order valence-corrected chi connectivity index (χ3v) is 2.00. The van der Waals surface area contributed by atoms with Crippen molar-refractivity contribution in [2.24, 2.45) is 0 Å². The summed E-state index contributed by atoms with van der Waals surface area (Å²) < 4.78 is 12.6. The zero-order chi connectivity index (χ0) is 12.8. The predicted octanol–water partition coefficient (Wildman–Crippen LogP) is 1.73. The molecule has 5 nitrogen and oxygen atoms in total. The molecule has 1 aromatic carbocycles. The second-order valence-electron chi connectivity index (χ2n) is 3.22. The Hall–Kier alpha value is -2.42. The molecule has 1 N–H and O–H groups in total. The first kappa shape index (κ1) is 12.6. The first-order valence-electron chi connectivity index (χ1n) is 4.74. The molecule has 0 radical (unpaired) electrons. The Morgan fingerprint density at radius 3 is 2.53 bits per heavy atom. The minimum absolute atomic E-state index is 0.368. The second kappa shape index (κ2) is 5.61. The first-order valence-corrected chi connectivity index (χ1v) is 4.74. The van der Waals surface area contributed by atoms with Crippen molar-refractivity contribution in [2.75, 3.05) is 12.4 Å². The number of hydrogen-bond acceptors (Lipinski definition) is 3. The van der Waals surface area contributed by atoms with Gasteiger partial charge in [0.2, 0.25) is 5.91 Å². The number of carbonyl (C=O) groups is 2. The molecule has 1 rings (SSSR count). The monoisotopic (exact) mass is 235 g/mol. The minimum Gasteiger partial charge on any atom is -0.307 e. The average Bonchev–Trinajstić information content (AvgIpc) is 2.31. The number of nitrogens with one attached hydrogen (secondary N) is 1. The zero-order valence-corrected chi connectivity index (χ0v) is 9.11. The summed E-state index contributed by atoms with van der Waals surface area (Å²) in [6.45, 7) is 0. The summed E-state index contributed by atoms with van der Waals surface area (Å²) in [7, 11) is 1.26. The van der Waals surface area contributed by atoms with Crippen LogP contribution in [0.3, 0.4) is 0 Å². The number of imide groups is 1. The van der Waals surface area contributed by atoms with E-state index in [0.29, 0.717) is 5.69 Å². The molecule has 0 saturated heterocycles. The van der Waals surface area contributed by atoms with Gasteiger partial charge in [0.25, 0.3) is 0 Å². The molecular weight excluding hydrogens is 225 g/mol. The van der Waals surface area contributed by atoms with Gasteiger partial charge in [-0.2, -0.15) is 5.26 Å². The number of carbonyl (C=O) groups excluding carboxylic acids is 2. The summed E-state index contributed by atoms with van der Waals surface area (Å²) in [6.07, 6.45) is -0.368. The van der Waals surface area contributed by atoms with Gasteiger partial charge >= 0.3 is 6.03 Å². The summed E-state index contributed by atoms with van der Waals surface area (Å²) in [5.74, 6) is -1.02. The first-order chi connectivity index (χ1) is 8.04. The number of rotatable bonds is 2. The Morgan fingerprint density at radius 2 is 2.00 bits per heavy atom. The van der Waals surface area contributed by atoms with Crippen molar-refractivity contribution in [2.45, 2.75) is 6.42 Å². The van der Waals surface area contributed by atoms with Gasteiger partial charge in [0.05, 0.1) is 6.07 Å². The van der Waals surface area contributed by atoms with Crippen molar-refractivity contribution in [1.29, 1.82) is 5.26 Å². The van der Waals surface area contributed by atoms with Crippen LogP contribution in [0, 0.1) is 17.1 Å². The van der Waals surface area contributed by atoms with Gasteiger partial charge in [-0.15, -0.1) is 0 Å². The number of nitrogens with zero attached hydrogens (tertiary/aromatic N) is 2. The number of halogens is 1. The van der Waals surface area contributed by atoms with Crippen molar-refractivity contribution in [3.63, 3.8) is 0 Å². The van der Waals surface area contributed by atoms with Gasteiger partial charge in [-0.3, -0.25) is 9.69 Å². The van der Waals surface area contributed by atoms with Crippen molar-refractivity contribution in [3.05, 3.63) is 30.1 Å². The van der Waals surface area contributed by atoms with Gasteiger partial charge < -0.3 is 5.32 Å². The molecule has 0 fully saturated rings. The molecule has 6 heteroatoms. The zero-order valence-electron chi connectivity index (χ0n) is 9.11. The minimum atomic E-state index is -0.670. The Bertz CT molecular complexity index is 465. The average molecular weight is 235 g/mol. The molecule has 0 aliphatic rings. The van der Waals surface area contributed by atoms with Gasteiger partial charge in [0.1, 0.15) is 12.2 Å². The van der Waals surface area contributed by atoms with Crippen LogP contribution in [0.25, 0.3) is 0 Å². The van der Waals surface area contributed by atoms with Crippen molar-refractivity contribution < 1.29 is 14.0 Å². The van der Waals surface area contributed by atoms with E-state index >= 15 is 0 Å². The smallest absolute Gasteiger partial charge is 0.307 e. The topological polar surface area (TPSA) is 73.2 Å². The number of urea groups is 1. The van der Waals surface area contributed by atoms with E-state index in [9.17, 15) is 14.0 Å². The van der Waals surface area contributed by atoms with Crippen LogP contribution in [-0.4, -0.2) is 23.9 Å². The molecule has 0 aromatic heterocycles. The second-order valence-corrected chi connectivity index (χ2v) is 3.22. The lowest BCUT2D eigenvalue weighted by atomic mass is 10.3. The molecule has 3 amide bonds. The van der Waals surface area contributed by atoms with Crippen LogP contribution in [0.15, 0.2) is 24.3 Å². The summed E-state index contributed by atoms with van der Waals surface area (Å²) in [5, 5.41) is 10.7.